The molecule has 7 heteroatoms. The van der Waals surface area contributed by atoms with Gasteiger partial charge < -0.3 is 15.4 Å². The van der Waals surface area contributed by atoms with Gasteiger partial charge in [0.25, 0.3) is 5.91 Å². The fourth-order valence-electron chi connectivity index (χ4n) is 4.09. The number of hydrogen-bond acceptors (Lipinski definition) is 5. The van der Waals surface area contributed by atoms with E-state index in [0.717, 1.165) is 58.1 Å². The SMILES string of the molecule is Cl.O=C(COc1ccccc1CN1CCC(N2CCNCC2)C1)NCC1CC1. The van der Waals surface area contributed by atoms with Crippen molar-refractivity contribution in [3.05, 3.63) is 29.8 Å². The van der Waals surface area contributed by atoms with Gasteiger partial charge in [-0.2, -0.15) is 0 Å². The van der Waals surface area contributed by atoms with E-state index in [1.54, 1.807) is 0 Å². The van der Waals surface area contributed by atoms with Crippen molar-refractivity contribution in [2.75, 3.05) is 52.4 Å². The van der Waals surface area contributed by atoms with Crippen molar-refractivity contribution in [1.82, 2.24) is 20.4 Å². The van der Waals surface area contributed by atoms with E-state index >= 15 is 0 Å². The van der Waals surface area contributed by atoms with Crippen LogP contribution in [0.2, 0.25) is 0 Å². The van der Waals surface area contributed by atoms with Gasteiger partial charge in [0.05, 0.1) is 0 Å². The van der Waals surface area contributed by atoms with E-state index in [2.05, 4.69) is 32.6 Å². The minimum Gasteiger partial charge on any atom is -0.483 e. The monoisotopic (exact) mass is 408 g/mol. The Morgan fingerprint density at radius 2 is 1.93 bits per heavy atom. The summed E-state index contributed by atoms with van der Waals surface area (Å²) in [7, 11) is 0. The van der Waals surface area contributed by atoms with Gasteiger partial charge in [-0.05, 0) is 31.2 Å². The molecule has 1 aliphatic carbocycles. The van der Waals surface area contributed by atoms with E-state index in [4.69, 9.17) is 4.74 Å². The minimum atomic E-state index is -0.0170. The van der Waals surface area contributed by atoms with Gasteiger partial charge in [-0.15, -0.1) is 12.4 Å². The number of ether oxygens (including phenoxy) is 1. The fourth-order valence-corrected chi connectivity index (χ4v) is 4.09. The van der Waals surface area contributed by atoms with Crippen LogP contribution in [-0.4, -0.2) is 74.2 Å². The molecular formula is C21H33ClN4O2. The van der Waals surface area contributed by atoms with Crippen LogP contribution < -0.4 is 15.4 Å². The van der Waals surface area contributed by atoms with Crippen LogP contribution in [0, 0.1) is 5.92 Å². The molecule has 2 saturated heterocycles. The molecule has 0 bridgehead atoms. The number of hydrogen-bond donors (Lipinski definition) is 2. The first-order chi connectivity index (χ1) is 13.3. The molecule has 1 amide bonds. The molecule has 2 aliphatic heterocycles. The second-order valence-electron chi connectivity index (χ2n) is 8.11. The minimum absolute atomic E-state index is 0. The van der Waals surface area contributed by atoms with Crippen LogP contribution in [-0.2, 0) is 11.3 Å². The maximum Gasteiger partial charge on any atom is 0.257 e. The molecule has 156 valence electrons. The smallest absolute Gasteiger partial charge is 0.257 e. The second kappa shape index (κ2) is 10.4. The summed E-state index contributed by atoms with van der Waals surface area (Å²) in [5.74, 6) is 1.52. The van der Waals surface area contributed by atoms with Crippen molar-refractivity contribution in [3.8, 4) is 5.75 Å². The third-order valence-corrected chi connectivity index (χ3v) is 5.93. The lowest BCUT2D eigenvalue weighted by Gasteiger charge is -2.32. The average Bonchev–Trinajstić information content (AvgIpc) is 3.43. The fraction of sp³-hybridized carbons (Fsp3) is 0.667. The molecule has 1 atom stereocenters. The van der Waals surface area contributed by atoms with Gasteiger partial charge in [-0.3, -0.25) is 14.6 Å². The number of para-hydroxylation sites is 1. The highest BCUT2D eigenvalue weighted by Crippen LogP contribution is 2.27. The Morgan fingerprint density at radius 1 is 1.14 bits per heavy atom. The van der Waals surface area contributed by atoms with Crippen LogP contribution in [0.15, 0.2) is 24.3 Å². The quantitative estimate of drug-likeness (QED) is 0.682. The van der Waals surface area contributed by atoms with E-state index in [-0.39, 0.29) is 24.9 Å². The number of carbonyl (C=O) groups is 1. The van der Waals surface area contributed by atoms with Gasteiger partial charge in [-0.25, -0.2) is 0 Å². The zero-order valence-electron chi connectivity index (χ0n) is 16.6. The number of piperazine rings is 1. The van der Waals surface area contributed by atoms with E-state index in [0.29, 0.717) is 12.0 Å². The van der Waals surface area contributed by atoms with Crippen LogP contribution in [0.25, 0.3) is 0 Å². The average molecular weight is 409 g/mol. The van der Waals surface area contributed by atoms with Crippen molar-refractivity contribution in [1.29, 1.82) is 0 Å². The maximum atomic E-state index is 12.0. The van der Waals surface area contributed by atoms with Crippen LogP contribution >= 0.6 is 12.4 Å². The molecule has 1 saturated carbocycles. The molecule has 28 heavy (non-hydrogen) atoms. The number of halogens is 1. The first-order valence-electron chi connectivity index (χ1n) is 10.4. The lowest BCUT2D eigenvalue weighted by Crippen LogP contribution is -2.49. The summed E-state index contributed by atoms with van der Waals surface area (Å²) in [5.41, 5.74) is 1.17. The Balaban J connectivity index is 0.00000225. The Morgan fingerprint density at radius 3 is 2.71 bits per heavy atom. The Kier molecular flexibility index (Phi) is 7.97. The number of likely N-dealkylation sites (tertiary alicyclic amines) is 1. The number of carbonyl (C=O) groups excluding carboxylic acids is 1. The number of amides is 1. The number of nitrogens with one attached hydrogen (secondary N) is 2. The van der Waals surface area contributed by atoms with Crippen LogP contribution in [0.1, 0.15) is 24.8 Å². The van der Waals surface area contributed by atoms with Gasteiger partial charge >= 0.3 is 0 Å². The zero-order valence-corrected chi connectivity index (χ0v) is 17.4. The number of rotatable bonds is 8. The largest absolute Gasteiger partial charge is 0.483 e. The zero-order chi connectivity index (χ0) is 18.5. The van der Waals surface area contributed by atoms with Gasteiger partial charge in [-0.1, -0.05) is 18.2 Å². The Hall–Kier alpha value is -1.34. The van der Waals surface area contributed by atoms with Crippen molar-refractivity contribution in [3.63, 3.8) is 0 Å². The van der Waals surface area contributed by atoms with Crippen molar-refractivity contribution >= 4 is 18.3 Å². The molecule has 0 spiro atoms. The highest BCUT2D eigenvalue weighted by Gasteiger charge is 2.28. The Bertz CT molecular complexity index is 635. The normalized spacial score (nSPS) is 23.2. The predicted molar refractivity (Wildman–Crippen MR) is 113 cm³/mol. The number of nitrogens with zero attached hydrogens (tertiary/aromatic N) is 2. The maximum absolute atomic E-state index is 12.0. The van der Waals surface area contributed by atoms with Crippen molar-refractivity contribution < 1.29 is 9.53 Å². The van der Waals surface area contributed by atoms with Gasteiger partial charge in [0.1, 0.15) is 5.75 Å². The summed E-state index contributed by atoms with van der Waals surface area (Å²) in [6, 6.07) is 8.81. The summed E-state index contributed by atoms with van der Waals surface area (Å²) in [4.78, 5) is 17.1. The molecule has 6 nitrogen and oxygen atoms in total. The summed E-state index contributed by atoms with van der Waals surface area (Å²) in [6.45, 7) is 8.58. The summed E-state index contributed by atoms with van der Waals surface area (Å²) in [6.07, 6.45) is 3.73. The molecule has 1 aromatic rings. The molecule has 4 rings (SSSR count). The van der Waals surface area contributed by atoms with Gasteiger partial charge in [0.2, 0.25) is 0 Å². The van der Waals surface area contributed by atoms with Crippen LogP contribution in [0.4, 0.5) is 0 Å². The summed E-state index contributed by atoms with van der Waals surface area (Å²) in [5, 5.41) is 6.40. The third kappa shape index (κ3) is 6.08. The highest BCUT2D eigenvalue weighted by atomic mass is 35.5. The molecule has 2 heterocycles. The second-order valence-corrected chi connectivity index (χ2v) is 8.11. The predicted octanol–water partition coefficient (Wildman–Crippen LogP) is 1.49. The van der Waals surface area contributed by atoms with E-state index in [9.17, 15) is 4.79 Å². The standard InChI is InChI=1S/C21H32N4O2.ClH/c26-21(23-13-17-5-6-17)16-27-20-4-2-1-3-18(20)14-24-10-7-19(15-24)25-11-8-22-9-12-25;/h1-4,17,19,22H,5-16H2,(H,23,26);1H. The molecule has 3 fully saturated rings. The van der Waals surface area contributed by atoms with E-state index in [1.807, 2.05) is 12.1 Å². The molecule has 1 aromatic carbocycles. The molecule has 0 radical (unpaired) electrons. The number of benzene rings is 1. The van der Waals surface area contributed by atoms with Crippen molar-refractivity contribution in [2.24, 2.45) is 5.92 Å². The molecular weight excluding hydrogens is 376 g/mol. The molecule has 0 aromatic heterocycles. The summed E-state index contributed by atoms with van der Waals surface area (Å²) >= 11 is 0. The molecule has 3 aliphatic rings. The van der Waals surface area contributed by atoms with Gasteiger partial charge in [0.15, 0.2) is 6.61 Å². The Labute approximate surface area is 174 Å². The lowest BCUT2D eigenvalue weighted by atomic mass is 10.2. The lowest BCUT2D eigenvalue weighted by molar-refractivity contribution is -0.123. The van der Waals surface area contributed by atoms with Crippen LogP contribution in [0.3, 0.4) is 0 Å². The van der Waals surface area contributed by atoms with Crippen molar-refractivity contribution in [2.45, 2.75) is 31.8 Å². The molecule has 1 unspecified atom stereocenters. The van der Waals surface area contributed by atoms with E-state index < -0.39 is 0 Å². The topological polar surface area (TPSA) is 56.8 Å². The van der Waals surface area contributed by atoms with Gasteiger partial charge in [0, 0.05) is 64.0 Å². The van der Waals surface area contributed by atoms with Crippen LogP contribution in [0.5, 0.6) is 5.75 Å². The first-order valence-corrected chi connectivity index (χ1v) is 10.4. The van der Waals surface area contributed by atoms with E-state index in [1.165, 1.54) is 24.8 Å². The first kappa shape index (κ1) is 21.4. The summed E-state index contributed by atoms with van der Waals surface area (Å²) < 4.78 is 5.85. The highest BCUT2D eigenvalue weighted by molar-refractivity contribution is 5.85. The molecule has 2 N–H and O–H groups in total. The third-order valence-electron chi connectivity index (χ3n) is 5.93.